The van der Waals surface area contributed by atoms with E-state index in [1.54, 1.807) is 26.4 Å². The molecule has 0 radical (unpaired) electrons. The summed E-state index contributed by atoms with van der Waals surface area (Å²) in [6.45, 7) is 2.32. The van der Waals surface area contributed by atoms with E-state index in [4.69, 9.17) is 9.47 Å². The summed E-state index contributed by atoms with van der Waals surface area (Å²) in [7, 11) is 3.18. The monoisotopic (exact) mass is 395 g/mol. The fourth-order valence-electron chi connectivity index (χ4n) is 3.23. The van der Waals surface area contributed by atoms with Crippen molar-refractivity contribution in [1.29, 1.82) is 0 Å². The van der Waals surface area contributed by atoms with Crippen molar-refractivity contribution in [2.75, 3.05) is 20.8 Å². The van der Waals surface area contributed by atoms with Crippen molar-refractivity contribution in [2.45, 2.75) is 26.3 Å². The van der Waals surface area contributed by atoms with Crippen LogP contribution >= 0.6 is 0 Å². The molecular weight excluding hydrogens is 370 g/mol. The maximum atomic E-state index is 12.8. The molecule has 0 saturated heterocycles. The molecule has 1 N–H and O–H groups in total. The van der Waals surface area contributed by atoms with Gasteiger partial charge in [0.2, 0.25) is 5.91 Å². The number of ether oxygens (including phenoxy) is 2. The van der Waals surface area contributed by atoms with E-state index in [0.717, 1.165) is 5.56 Å². The van der Waals surface area contributed by atoms with Gasteiger partial charge in [0.1, 0.15) is 12.4 Å². The lowest BCUT2D eigenvalue weighted by Crippen LogP contribution is -2.35. The number of amides is 1. The van der Waals surface area contributed by atoms with Gasteiger partial charge in [0.25, 0.3) is 5.56 Å². The molecule has 0 fully saturated rings. The van der Waals surface area contributed by atoms with Crippen molar-refractivity contribution >= 4 is 16.8 Å². The first-order valence-electron chi connectivity index (χ1n) is 9.53. The summed E-state index contributed by atoms with van der Waals surface area (Å²) in [5.74, 6) is 1.69. The molecule has 0 aliphatic heterocycles. The van der Waals surface area contributed by atoms with E-state index in [-0.39, 0.29) is 18.0 Å². The van der Waals surface area contributed by atoms with Gasteiger partial charge in [0.15, 0.2) is 11.5 Å². The van der Waals surface area contributed by atoms with E-state index in [9.17, 15) is 9.59 Å². The molecule has 0 aliphatic rings. The maximum Gasteiger partial charge on any atom is 0.261 e. The number of rotatable bonds is 8. The predicted molar refractivity (Wildman–Crippen MR) is 112 cm³/mol. The molecule has 3 aromatic rings. The number of hydrogen-bond donors (Lipinski definition) is 1. The van der Waals surface area contributed by atoms with Gasteiger partial charge in [-0.25, -0.2) is 4.98 Å². The fourth-order valence-corrected chi connectivity index (χ4v) is 3.23. The van der Waals surface area contributed by atoms with Crippen molar-refractivity contribution in [2.24, 2.45) is 0 Å². The van der Waals surface area contributed by atoms with Crippen LogP contribution in [0.25, 0.3) is 10.9 Å². The lowest BCUT2D eigenvalue weighted by atomic mass is 10.1. The van der Waals surface area contributed by atoms with E-state index < -0.39 is 0 Å². The number of aromatic nitrogens is 2. The largest absolute Gasteiger partial charge is 0.493 e. The standard InChI is InChI=1S/C22H25N3O4/c1-4-20-24-17-8-6-5-7-16(17)22(27)25(20)14-21(26)23-12-11-15-9-10-18(28-2)19(13-15)29-3/h5-10,13H,4,11-12,14H2,1-3H3,(H,23,26). The average Bonchev–Trinajstić information content (AvgIpc) is 2.75. The molecule has 152 valence electrons. The molecule has 3 rings (SSSR count). The van der Waals surface area contributed by atoms with Crippen molar-refractivity contribution in [3.05, 3.63) is 64.2 Å². The van der Waals surface area contributed by atoms with Crippen LogP contribution < -0.4 is 20.3 Å². The summed E-state index contributed by atoms with van der Waals surface area (Å²) in [6, 6.07) is 12.8. The van der Waals surface area contributed by atoms with E-state index in [2.05, 4.69) is 10.3 Å². The van der Waals surface area contributed by atoms with E-state index in [0.29, 0.717) is 47.6 Å². The minimum atomic E-state index is -0.223. The van der Waals surface area contributed by atoms with Gasteiger partial charge in [-0.15, -0.1) is 0 Å². The Morgan fingerprint density at radius 1 is 1.10 bits per heavy atom. The molecule has 0 atom stereocenters. The van der Waals surface area contributed by atoms with E-state index in [1.165, 1.54) is 4.57 Å². The predicted octanol–water partition coefficient (Wildman–Crippen LogP) is 2.33. The Kier molecular flexibility index (Phi) is 6.49. The van der Waals surface area contributed by atoms with Crippen molar-refractivity contribution in [3.8, 4) is 11.5 Å². The summed E-state index contributed by atoms with van der Waals surface area (Å²) < 4.78 is 12.0. The number of carbonyl (C=O) groups is 1. The third-order valence-corrected chi connectivity index (χ3v) is 4.74. The number of hydrogen-bond acceptors (Lipinski definition) is 5. The van der Waals surface area contributed by atoms with Gasteiger partial charge in [0, 0.05) is 13.0 Å². The molecule has 0 unspecified atom stereocenters. The van der Waals surface area contributed by atoms with Crippen LogP contribution in [0.15, 0.2) is 47.3 Å². The van der Waals surface area contributed by atoms with Crippen molar-refractivity contribution in [3.63, 3.8) is 0 Å². The van der Waals surface area contributed by atoms with Gasteiger partial charge in [0.05, 0.1) is 25.1 Å². The van der Waals surface area contributed by atoms with Crippen molar-refractivity contribution < 1.29 is 14.3 Å². The minimum absolute atomic E-state index is 0.0498. The molecule has 1 amide bonds. The van der Waals surface area contributed by atoms with E-state index in [1.807, 2.05) is 37.3 Å². The number of nitrogens with one attached hydrogen (secondary N) is 1. The number of fused-ring (bicyclic) bond motifs is 1. The van der Waals surface area contributed by atoms with Gasteiger partial charge >= 0.3 is 0 Å². The highest BCUT2D eigenvalue weighted by molar-refractivity contribution is 5.79. The first kappa shape index (κ1) is 20.4. The Bertz CT molecular complexity index is 1080. The second-order valence-electron chi connectivity index (χ2n) is 6.58. The minimum Gasteiger partial charge on any atom is -0.493 e. The Morgan fingerprint density at radius 2 is 1.86 bits per heavy atom. The van der Waals surface area contributed by atoms with Crippen LogP contribution in [0.3, 0.4) is 0 Å². The number of aryl methyl sites for hydroxylation is 1. The number of carbonyl (C=O) groups excluding carboxylic acids is 1. The maximum absolute atomic E-state index is 12.8. The SMILES string of the molecule is CCc1nc2ccccc2c(=O)n1CC(=O)NCCc1ccc(OC)c(OC)c1. The Balaban J connectivity index is 1.67. The molecular formula is C22H25N3O4. The average molecular weight is 395 g/mol. The molecule has 0 bridgehead atoms. The first-order valence-corrected chi connectivity index (χ1v) is 9.53. The zero-order chi connectivity index (χ0) is 20.8. The van der Waals surface area contributed by atoms with Crippen LogP contribution in [-0.4, -0.2) is 36.2 Å². The van der Waals surface area contributed by atoms with Gasteiger partial charge in [-0.3, -0.25) is 14.2 Å². The van der Waals surface area contributed by atoms with Crippen LogP contribution in [0.1, 0.15) is 18.3 Å². The highest BCUT2D eigenvalue weighted by Gasteiger charge is 2.13. The van der Waals surface area contributed by atoms with E-state index >= 15 is 0 Å². The van der Waals surface area contributed by atoms with Crippen LogP contribution in [0.4, 0.5) is 0 Å². The summed E-state index contributed by atoms with van der Waals surface area (Å²) >= 11 is 0. The molecule has 1 heterocycles. The molecule has 2 aromatic carbocycles. The molecule has 0 saturated carbocycles. The zero-order valence-electron chi connectivity index (χ0n) is 16.9. The molecule has 29 heavy (non-hydrogen) atoms. The zero-order valence-corrected chi connectivity index (χ0v) is 16.9. The smallest absolute Gasteiger partial charge is 0.261 e. The Hall–Kier alpha value is -3.35. The second kappa shape index (κ2) is 9.23. The van der Waals surface area contributed by atoms with Crippen LogP contribution in [0.5, 0.6) is 11.5 Å². The Labute approximate surface area is 169 Å². The summed E-state index contributed by atoms with van der Waals surface area (Å²) in [4.78, 5) is 29.8. The third kappa shape index (κ3) is 4.56. The second-order valence-corrected chi connectivity index (χ2v) is 6.58. The van der Waals surface area contributed by atoms with Crippen LogP contribution in [0.2, 0.25) is 0 Å². The highest BCUT2D eigenvalue weighted by Crippen LogP contribution is 2.27. The number of methoxy groups -OCH3 is 2. The first-order chi connectivity index (χ1) is 14.1. The van der Waals surface area contributed by atoms with Crippen LogP contribution in [-0.2, 0) is 24.2 Å². The molecule has 0 spiro atoms. The Morgan fingerprint density at radius 3 is 2.59 bits per heavy atom. The quantitative estimate of drug-likeness (QED) is 0.633. The molecule has 7 nitrogen and oxygen atoms in total. The third-order valence-electron chi connectivity index (χ3n) is 4.74. The molecule has 0 aliphatic carbocycles. The number of benzene rings is 2. The number of nitrogens with zero attached hydrogens (tertiary/aromatic N) is 2. The van der Waals surface area contributed by atoms with Gasteiger partial charge in [-0.1, -0.05) is 25.1 Å². The lowest BCUT2D eigenvalue weighted by molar-refractivity contribution is -0.121. The topological polar surface area (TPSA) is 82.5 Å². The molecule has 1 aromatic heterocycles. The van der Waals surface area contributed by atoms with Crippen molar-refractivity contribution in [1.82, 2.24) is 14.9 Å². The summed E-state index contributed by atoms with van der Waals surface area (Å²) in [5.41, 5.74) is 1.48. The van der Waals surface area contributed by atoms with Crippen LogP contribution in [0, 0.1) is 0 Å². The van der Waals surface area contributed by atoms with Gasteiger partial charge in [-0.2, -0.15) is 0 Å². The fraction of sp³-hybridized carbons (Fsp3) is 0.318. The summed E-state index contributed by atoms with van der Waals surface area (Å²) in [5, 5.41) is 3.39. The number of para-hydroxylation sites is 1. The van der Waals surface area contributed by atoms with Gasteiger partial charge in [-0.05, 0) is 36.2 Å². The highest BCUT2D eigenvalue weighted by atomic mass is 16.5. The summed E-state index contributed by atoms with van der Waals surface area (Å²) in [6.07, 6.45) is 1.20. The lowest BCUT2D eigenvalue weighted by Gasteiger charge is -2.13. The normalized spacial score (nSPS) is 10.7. The molecule has 7 heteroatoms. The van der Waals surface area contributed by atoms with Gasteiger partial charge < -0.3 is 14.8 Å².